The molecule has 0 amide bonds. The summed E-state index contributed by atoms with van der Waals surface area (Å²) in [7, 11) is 0. The highest BCUT2D eigenvalue weighted by atomic mass is 35.5. The molecule has 1 aliphatic rings. The van der Waals surface area contributed by atoms with Crippen LogP contribution < -0.4 is 4.90 Å². The Morgan fingerprint density at radius 2 is 1.89 bits per heavy atom. The second kappa shape index (κ2) is 4.35. The molecule has 1 N–H and O–H groups in total. The van der Waals surface area contributed by atoms with Crippen molar-refractivity contribution in [2.24, 2.45) is 0 Å². The molecule has 1 aliphatic heterocycles. The summed E-state index contributed by atoms with van der Waals surface area (Å²) >= 11 is 5.94. The molecule has 3 rings (SSSR count). The molecule has 90 valence electrons. The summed E-state index contributed by atoms with van der Waals surface area (Å²) in [5.74, 6) is 0.940. The zero-order valence-corrected chi connectivity index (χ0v) is 10.3. The van der Waals surface area contributed by atoms with Gasteiger partial charge in [-0.15, -0.1) is 0 Å². The summed E-state index contributed by atoms with van der Waals surface area (Å²) in [4.78, 5) is 6.33. The number of benzene rings is 1. The predicted molar refractivity (Wildman–Crippen MR) is 73.3 cm³/mol. The van der Waals surface area contributed by atoms with Gasteiger partial charge in [-0.25, -0.2) is 4.98 Å². The van der Waals surface area contributed by atoms with Gasteiger partial charge in [0.15, 0.2) is 0 Å². The largest absolute Gasteiger partial charge is 0.507 e. The summed E-state index contributed by atoms with van der Waals surface area (Å²) in [5.41, 5.74) is 1.73. The number of aromatic nitrogens is 1. The van der Waals surface area contributed by atoms with Gasteiger partial charge in [0.05, 0.1) is 5.56 Å². The molecule has 3 nitrogen and oxygen atoms in total. The maximum atomic E-state index is 9.87. The molecule has 0 fully saturated rings. The Bertz CT molecular complexity index is 610. The summed E-state index contributed by atoms with van der Waals surface area (Å²) in [6.45, 7) is 0.580. The topological polar surface area (TPSA) is 36.4 Å². The van der Waals surface area contributed by atoms with Gasteiger partial charge >= 0.3 is 0 Å². The van der Waals surface area contributed by atoms with Crippen molar-refractivity contribution in [1.29, 1.82) is 0 Å². The fourth-order valence-electron chi connectivity index (χ4n) is 2.04. The van der Waals surface area contributed by atoms with Crippen LogP contribution in [0, 0.1) is 0 Å². The van der Waals surface area contributed by atoms with Crippen molar-refractivity contribution in [2.45, 2.75) is 0 Å². The maximum Gasteiger partial charge on any atom is 0.146 e. The van der Waals surface area contributed by atoms with E-state index in [1.165, 1.54) is 0 Å². The van der Waals surface area contributed by atoms with Crippen molar-refractivity contribution in [2.75, 3.05) is 11.4 Å². The second-order valence-corrected chi connectivity index (χ2v) is 4.43. The van der Waals surface area contributed by atoms with E-state index in [4.69, 9.17) is 11.6 Å². The van der Waals surface area contributed by atoms with Gasteiger partial charge < -0.3 is 10.0 Å². The van der Waals surface area contributed by atoms with E-state index >= 15 is 0 Å². The monoisotopic (exact) mass is 258 g/mol. The molecule has 0 bridgehead atoms. The molecule has 4 heteroatoms. The minimum Gasteiger partial charge on any atom is -0.507 e. The van der Waals surface area contributed by atoms with Gasteiger partial charge in [0.25, 0.3) is 0 Å². The third kappa shape index (κ3) is 1.83. The predicted octanol–water partition coefficient (Wildman–Crippen LogP) is 3.79. The molecule has 2 aromatic rings. The highest BCUT2D eigenvalue weighted by Crippen LogP contribution is 2.34. The molecular formula is C14H11ClN2O. The highest BCUT2D eigenvalue weighted by Gasteiger charge is 2.21. The fraction of sp³-hybridized carbons (Fsp3) is 0.0714. The molecule has 18 heavy (non-hydrogen) atoms. The van der Waals surface area contributed by atoms with E-state index in [9.17, 15) is 5.11 Å². The van der Waals surface area contributed by atoms with Gasteiger partial charge in [-0.2, -0.15) is 0 Å². The van der Waals surface area contributed by atoms with Gasteiger partial charge in [-0.05, 0) is 30.3 Å². The van der Waals surface area contributed by atoms with E-state index in [0.717, 1.165) is 5.69 Å². The lowest BCUT2D eigenvalue weighted by Crippen LogP contribution is -2.23. The molecule has 1 aromatic heterocycles. The summed E-state index contributed by atoms with van der Waals surface area (Å²) in [6.07, 6.45) is 1.77. The first-order chi connectivity index (χ1) is 8.75. The van der Waals surface area contributed by atoms with Crippen LogP contribution in [0.5, 0.6) is 0 Å². The number of pyridine rings is 1. The fourth-order valence-corrected chi connectivity index (χ4v) is 2.18. The van der Waals surface area contributed by atoms with Crippen LogP contribution in [0.15, 0.2) is 48.5 Å². The number of nitrogens with zero attached hydrogens (tertiary/aromatic N) is 2. The SMILES string of the molecule is OC1=CCN(c2ccccc2)c2nc(Cl)ccc21. The van der Waals surface area contributed by atoms with Crippen molar-refractivity contribution >= 4 is 28.9 Å². The first-order valence-corrected chi connectivity index (χ1v) is 6.02. The Morgan fingerprint density at radius 3 is 2.67 bits per heavy atom. The molecule has 0 aliphatic carbocycles. The van der Waals surface area contributed by atoms with Crippen LogP contribution in [0.2, 0.25) is 5.15 Å². The van der Waals surface area contributed by atoms with Crippen LogP contribution in [0.1, 0.15) is 5.56 Å². The third-order valence-corrected chi connectivity index (χ3v) is 3.12. The van der Waals surface area contributed by atoms with Gasteiger partial charge in [0.1, 0.15) is 16.7 Å². The average Bonchev–Trinajstić information content (AvgIpc) is 2.40. The standard InChI is InChI=1S/C14H11ClN2O/c15-13-7-6-11-12(18)8-9-17(14(11)16-13)10-4-2-1-3-5-10/h1-8,18H,9H2. The van der Waals surface area contributed by atoms with Crippen molar-refractivity contribution in [1.82, 2.24) is 4.98 Å². The quantitative estimate of drug-likeness (QED) is 0.791. The number of rotatable bonds is 1. The molecule has 0 radical (unpaired) electrons. The van der Waals surface area contributed by atoms with Crippen molar-refractivity contribution < 1.29 is 5.11 Å². The first-order valence-electron chi connectivity index (χ1n) is 5.64. The van der Waals surface area contributed by atoms with Gasteiger partial charge in [0, 0.05) is 12.2 Å². The highest BCUT2D eigenvalue weighted by molar-refractivity contribution is 6.29. The zero-order valence-electron chi connectivity index (χ0n) is 9.55. The minimum absolute atomic E-state index is 0.251. The Hall–Kier alpha value is -2.00. The molecule has 2 heterocycles. The Morgan fingerprint density at radius 1 is 1.11 bits per heavy atom. The van der Waals surface area contributed by atoms with Crippen LogP contribution in [-0.4, -0.2) is 16.6 Å². The number of halogens is 1. The number of fused-ring (bicyclic) bond motifs is 1. The molecular weight excluding hydrogens is 248 g/mol. The summed E-state index contributed by atoms with van der Waals surface area (Å²) in [6, 6.07) is 13.4. The lowest BCUT2D eigenvalue weighted by atomic mass is 10.1. The number of aliphatic hydroxyl groups is 1. The lowest BCUT2D eigenvalue weighted by Gasteiger charge is -2.28. The number of anilines is 2. The van der Waals surface area contributed by atoms with E-state index in [1.54, 1.807) is 18.2 Å². The summed E-state index contributed by atoms with van der Waals surface area (Å²) in [5, 5.41) is 10.3. The van der Waals surface area contributed by atoms with Crippen molar-refractivity contribution in [3.8, 4) is 0 Å². The Labute approximate surface area is 110 Å². The minimum atomic E-state index is 0.251. The smallest absolute Gasteiger partial charge is 0.146 e. The Kier molecular flexibility index (Phi) is 2.68. The summed E-state index contributed by atoms with van der Waals surface area (Å²) < 4.78 is 0. The van der Waals surface area contributed by atoms with Gasteiger partial charge in [-0.3, -0.25) is 0 Å². The molecule has 1 aromatic carbocycles. The molecule has 0 atom stereocenters. The van der Waals surface area contributed by atoms with E-state index in [2.05, 4.69) is 4.98 Å². The third-order valence-electron chi connectivity index (χ3n) is 2.91. The number of hydrogen-bond acceptors (Lipinski definition) is 3. The van der Waals surface area contributed by atoms with Crippen LogP contribution >= 0.6 is 11.6 Å². The lowest BCUT2D eigenvalue weighted by molar-refractivity contribution is 0.508. The van der Waals surface area contributed by atoms with E-state index in [-0.39, 0.29) is 5.76 Å². The van der Waals surface area contributed by atoms with Crippen LogP contribution in [0.25, 0.3) is 5.76 Å². The molecule has 0 saturated carbocycles. The molecule has 0 saturated heterocycles. The van der Waals surface area contributed by atoms with Gasteiger partial charge in [-0.1, -0.05) is 29.8 Å². The molecule has 0 spiro atoms. The van der Waals surface area contributed by atoms with Crippen molar-refractivity contribution in [3.63, 3.8) is 0 Å². The van der Waals surface area contributed by atoms with Crippen LogP contribution in [0.4, 0.5) is 11.5 Å². The number of para-hydroxylation sites is 1. The van der Waals surface area contributed by atoms with E-state index in [1.807, 2.05) is 35.2 Å². The van der Waals surface area contributed by atoms with E-state index < -0.39 is 0 Å². The average molecular weight is 259 g/mol. The normalized spacial score (nSPS) is 14.1. The zero-order chi connectivity index (χ0) is 12.5. The first kappa shape index (κ1) is 11.1. The van der Waals surface area contributed by atoms with Crippen LogP contribution in [-0.2, 0) is 0 Å². The van der Waals surface area contributed by atoms with Crippen molar-refractivity contribution in [3.05, 3.63) is 59.3 Å². The van der Waals surface area contributed by atoms with Crippen LogP contribution in [0.3, 0.4) is 0 Å². The van der Waals surface area contributed by atoms with Gasteiger partial charge in [0.2, 0.25) is 0 Å². The van der Waals surface area contributed by atoms with E-state index in [0.29, 0.717) is 23.1 Å². The Balaban J connectivity index is 2.14. The second-order valence-electron chi connectivity index (χ2n) is 4.04. The number of hydrogen-bond donors (Lipinski definition) is 1. The molecule has 0 unspecified atom stereocenters. The number of aliphatic hydroxyl groups excluding tert-OH is 1. The maximum absolute atomic E-state index is 9.87.